The largest absolute Gasteiger partial charge is 0.416 e. The first-order valence-corrected chi connectivity index (χ1v) is 11.0. The highest BCUT2D eigenvalue weighted by molar-refractivity contribution is 5.79. The van der Waals surface area contributed by atoms with Crippen molar-refractivity contribution in [2.45, 2.75) is 31.9 Å². The molecule has 3 rings (SSSR count). The average molecular weight is 471 g/mol. The third-order valence-corrected chi connectivity index (χ3v) is 5.97. The van der Waals surface area contributed by atoms with E-state index in [-0.39, 0.29) is 30.5 Å². The summed E-state index contributed by atoms with van der Waals surface area (Å²) in [5.74, 6) is -0.0316. The normalized spacial score (nSPS) is 17.7. The number of nitrogens with zero attached hydrogens (tertiary/aromatic N) is 4. The Morgan fingerprint density at radius 1 is 0.970 bits per heavy atom. The lowest BCUT2D eigenvalue weighted by Crippen LogP contribution is -2.52. The van der Waals surface area contributed by atoms with Crippen LogP contribution in [0.25, 0.3) is 0 Å². The number of halogens is 3. The molecule has 0 saturated carbocycles. The van der Waals surface area contributed by atoms with Crippen LogP contribution < -0.4 is 5.32 Å². The third kappa shape index (κ3) is 6.80. The number of carbonyl (C=O) groups excluding carboxylic acids is 2. The third-order valence-electron chi connectivity index (χ3n) is 5.97. The second kappa shape index (κ2) is 10.8. The highest BCUT2D eigenvalue weighted by Crippen LogP contribution is 2.34. The molecule has 0 aromatic heterocycles. The number of piperazine rings is 1. The number of piperidine rings is 1. The fourth-order valence-corrected chi connectivity index (χ4v) is 4.06. The first-order chi connectivity index (χ1) is 15.6. The van der Waals surface area contributed by atoms with E-state index in [4.69, 9.17) is 0 Å². The van der Waals surface area contributed by atoms with E-state index in [0.29, 0.717) is 38.8 Å². The minimum atomic E-state index is -4.68. The fraction of sp³-hybridized carbons (Fsp3) is 0.619. The van der Waals surface area contributed by atoms with Crippen molar-refractivity contribution >= 4 is 23.2 Å². The molecule has 0 spiro atoms. The quantitative estimate of drug-likeness (QED) is 0.485. The molecule has 2 amide bonds. The van der Waals surface area contributed by atoms with Gasteiger partial charge in [0, 0.05) is 58.3 Å². The van der Waals surface area contributed by atoms with Crippen LogP contribution >= 0.6 is 0 Å². The van der Waals surface area contributed by atoms with Crippen LogP contribution in [0.2, 0.25) is 0 Å². The minimum absolute atomic E-state index is 0.0465. The lowest BCUT2D eigenvalue weighted by atomic mass is 10.1. The van der Waals surface area contributed by atoms with Gasteiger partial charge < -0.3 is 15.1 Å². The van der Waals surface area contributed by atoms with Crippen molar-refractivity contribution in [3.05, 3.63) is 33.9 Å². The maximum Gasteiger partial charge on any atom is 0.416 e. The number of nitrogens with one attached hydrogen (secondary N) is 1. The summed E-state index contributed by atoms with van der Waals surface area (Å²) >= 11 is 0. The van der Waals surface area contributed by atoms with E-state index in [1.165, 1.54) is 0 Å². The van der Waals surface area contributed by atoms with Gasteiger partial charge in [-0.15, -0.1) is 0 Å². The van der Waals surface area contributed by atoms with Crippen LogP contribution in [0.1, 0.15) is 31.2 Å². The van der Waals surface area contributed by atoms with Gasteiger partial charge in [-0.05, 0) is 31.4 Å². The van der Waals surface area contributed by atoms with Crippen LogP contribution in [0.4, 0.5) is 24.5 Å². The summed E-state index contributed by atoms with van der Waals surface area (Å²) in [6.45, 7) is 4.15. The number of anilines is 1. The fourth-order valence-electron chi connectivity index (χ4n) is 4.06. The summed E-state index contributed by atoms with van der Waals surface area (Å²) in [5.41, 5.74) is -1.86. The summed E-state index contributed by atoms with van der Waals surface area (Å²) in [7, 11) is 0. The van der Waals surface area contributed by atoms with Crippen molar-refractivity contribution in [1.29, 1.82) is 0 Å². The van der Waals surface area contributed by atoms with Crippen LogP contribution in [0.15, 0.2) is 18.2 Å². The van der Waals surface area contributed by atoms with Gasteiger partial charge in [-0.3, -0.25) is 24.6 Å². The van der Waals surface area contributed by atoms with Gasteiger partial charge in [0.15, 0.2) is 0 Å². The van der Waals surface area contributed by atoms with Crippen LogP contribution in [0.5, 0.6) is 0 Å². The smallest absolute Gasteiger partial charge is 0.379 e. The molecule has 1 aromatic rings. The van der Waals surface area contributed by atoms with Crippen molar-refractivity contribution in [3.63, 3.8) is 0 Å². The summed E-state index contributed by atoms with van der Waals surface area (Å²) in [4.78, 5) is 40.7. The molecule has 2 fully saturated rings. The van der Waals surface area contributed by atoms with Gasteiger partial charge in [0.2, 0.25) is 11.8 Å². The molecule has 2 aliphatic rings. The van der Waals surface area contributed by atoms with Crippen molar-refractivity contribution in [2.75, 3.05) is 57.7 Å². The number of likely N-dealkylation sites (tertiary alicyclic amines) is 1. The Morgan fingerprint density at radius 2 is 1.61 bits per heavy atom. The predicted octanol–water partition coefficient (Wildman–Crippen LogP) is 2.57. The second-order valence-corrected chi connectivity index (χ2v) is 8.26. The van der Waals surface area contributed by atoms with E-state index in [1.807, 2.05) is 9.80 Å². The van der Waals surface area contributed by atoms with Gasteiger partial charge in [0.25, 0.3) is 5.69 Å². The van der Waals surface area contributed by atoms with Crippen LogP contribution in [0.3, 0.4) is 0 Å². The Hall–Kier alpha value is -2.89. The molecule has 0 atom stereocenters. The van der Waals surface area contributed by atoms with Gasteiger partial charge in [-0.1, -0.05) is 0 Å². The van der Waals surface area contributed by atoms with Crippen molar-refractivity contribution in [2.24, 2.45) is 0 Å². The van der Waals surface area contributed by atoms with Crippen LogP contribution in [-0.4, -0.2) is 83.8 Å². The SMILES string of the molecule is O=C(CCNc1ccc(C(F)(F)F)cc1[N+](=O)[O-])N1CCN(CC(=O)N2CCCCC2)CC1. The maximum absolute atomic E-state index is 12.8. The van der Waals surface area contributed by atoms with Crippen molar-refractivity contribution in [1.82, 2.24) is 14.7 Å². The highest BCUT2D eigenvalue weighted by Gasteiger charge is 2.33. The molecule has 1 N–H and O–H groups in total. The van der Waals surface area contributed by atoms with E-state index in [9.17, 15) is 32.9 Å². The van der Waals surface area contributed by atoms with Gasteiger partial charge >= 0.3 is 6.18 Å². The van der Waals surface area contributed by atoms with Crippen molar-refractivity contribution in [3.8, 4) is 0 Å². The second-order valence-electron chi connectivity index (χ2n) is 8.26. The Morgan fingerprint density at radius 3 is 2.21 bits per heavy atom. The molecule has 0 aliphatic carbocycles. The lowest BCUT2D eigenvalue weighted by Gasteiger charge is -2.36. The summed E-state index contributed by atoms with van der Waals surface area (Å²) in [6.07, 6.45) is -1.40. The van der Waals surface area contributed by atoms with Gasteiger partial charge in [0.1, 0.15) is 5.69 Å². The zero-order valence-electron chi connectivity index (χ0n) is 18.3. The van der Waals surface area contributed by atoms with E-state index in [0.717, 1.165) is 44.5 Å². The van der Waals surface area contributed by atoms with E-state index in [2.05, 4.69) is 5.32 Å². The number of amides is 2. The molecule has 12 heteroatoms. The zero-order chi connectivity index (χ0) is 24.0. The lowest BCUT2D eigenvalue weighted by molar-refractivity contribution is -0.384. The van der Waals surface area contributed by atoms with E-state index < -0.39 is 22.4 Å². The zero-order valence-corrected chi connectivity index (χ0v) is 18.3. The summed E-state index contributed by atoms with van der Waals surface area (Å²) < 4.78 is 38.4. The van der Waals surface area contributed by atoms with Gasteiger partial charge in [0.05, 0.1) is 17.0 Å². The molecular weight excluding hydrogens is 443 g/mol. The molecule has 2 saturated heterocycles. The number of carbonyl (C=O) groups is 2. The number of nitro benzene ring substituents is 1. The van der Waals surface area contributed by atoms with E-state index >= 15 is 0 Å². The number of alkyl halides is 3. The molecule has 2 aliphatic heterocycles. The topological polar surface area (TPSA) is 99.0 Å². The van der Waals surface area contributed by atoms with Crippen LogP contribution in [0, 0.1) is 10.1 Å². The van der Waals surface area contributed by atoms with Gasteiger partial charge in [-0.2, -0.15) is 13.2 Å². The molecule has 0 unspecified atom stereocenters. The standard InChI is InChI=1S/C21H28F3N5O4/c22-21(23,24)16-4-5-17(18(14-16)29(32)33)25-7-6-19(30)28-12-10-26(11-13-28)15-20(31)27-8-2-1-3-9-27/h4-5,14,25H,1-3,6-13,15H2. The molecule has 0 radical (unpaired) electrons. The Bertz CT molecular complexity index is 866. The molecule has 0 bridgehead atoms. The summed E-state index contributed by atoms with van der Waals surface area (Å²) in [6, 6.07) is 2.25. The number of benzene rings is 1. The van der Waals surface area contributed by atoms with Gasteiger partial charge in [-0.25, -0.2) is 0 Å². The Labute approximate surface area is 189 Å². The molecular formula is C21H28F3N5O4. The molecule has 182 valence electrons. The maximum atomic E-state index is 12.8. The van der Waals surface area contributed by atoms with Crippen LogP contribution in [-0.2, 0) is 15.8 Å². The number of rotatable bonds is 7. The molecule has 33 heavy (non-hydrogen) atoms. The monoisotopic (exact) mass is 471 g/mol. The van der Waals surface area contributed by atoms with Crippen molar-refractivity contribution < 1.29 is 27.7 Å². The highest BCUT2D eigenvalue weighted by atomic mass is 19.4. The Balaban J connectivity index is 1.43. The number of hydrogen-bond acceptors (Lipinski definition) is 6. The average Bonchev–Trinajstić information content (AvgIpc) is 2.79. The molecule has 1 aromatic carbocycles. The number of nitro groups is 1. The predicted molar refractivity (Wildman–Crippen MR) is 115 cm³/mol. The first-order valence-electron chi connectivity index (χ1n) is 11.0. The Kier molecular flexibility index (Phi) is 8.11. The number of hydrogen-bond donors (Lipinski definition) is 1. The van der Waals surface area contributed by atoms with E-state index in [1.54, 1.807) is 4.90 Å². The summed E-state index contributed by atoms with van der Waals surface area (Å²) in [5, 5.41) is 13.8. The first kappa shape index (κ1) is 24.7. The molecule has 9 nitrogen and oxygen atoms in total. The minimum Gasteiger partial charge on any atom is -0.379 e. The molecule has 2 heterocycles.